The average Bonchev–Trinajstić information content (AvgIpc) is 3.49. The van der Waals surface area contributed by atoms with Crippen molar-refractivity contribution in [3.05, 3.63) is 68.6 Å². The van der Waals surface area contributed by atoms with Crippen LogP contribution >= 0.6 is 22.9 Å². The molecule has 1 aromatic carbocycles. The first kappa shape index (κ1) is 24.8. The van der Waals surface area contributed by atoms with Gasteiger partial charge in [-0.15, -0.1) is 11.3 Å². The highest BCUT2D eigenvalue weighted by Crippen LogP contribution is 2.31. The van der Waals surface area contributed by atoms with Crippen molar-refractivity contribution in [3.8, 4) is 0 Å². The molecule has 184 valence electrons. The zero-order valence-electron chi connectivity index (χ0n) is 18.9. The number of nitrogens with zero attached hydrogens (tertiary/aromatic N) is 2. The fraction of sp³-hybridized carbons (Fsp3) is 0.333. The molecule has 8 nitrogen and oxygen atoms in total. The SMILES string of the molecule is NC(=O)c1nsc(C(=O)N(Cc2cccs2)C(C(=O)NC2CCCCC2)c2ccc(F)cc2)c1N. The Kier molecular flexibility index (Phi) is 7.76. The lowest BCUT2D eigenvalue weighted by Gasteiger charge is -2.33. The third-order valence-electron chi connectivity index (χ3n) is 6.02. The number of hydrogen-bond donors (Lipinski definition) is 3. The molecule has 35 heavy (non-hydrogen) atoms. The van der Waals surface area contributed by atoms with Crippen LogP contribution in [0.25, 0.3) is 0 Å². The van der Waals surface area contributed by atoms with Gasteiger partial charge in [-0.25, -0.2) is 4.39 Å². The summed E-state index contributed by atoms with van der Waals surface area (Å²) in [6.45, 7) is 0.111. The Bertz CT molecular complexity index is 1190. The maximum Gasteiger partial charge on any atom is 0.270 e. The Morgan fingerprint density at radius 3 is 2.46 bits per heavy atom. The number of amides is 3. The van der Waals surface area contributed by atoms with E-state index in [9.17, 15) is 18.8 Å². The number of aromatic nitrogens is 1. The van der Waals surface area contributed by atoms with Crippen molar-refractivity contribution in [1.29, 1.82) is 0 Å². The van der Waals surface area contributed by atoms with Gasteiger partial charge >= 0.3 is 0 Å². The van der Waals surface area contributed by atoms with Crippen molar-refractivity contribution in [3.63, 3.8) is 0 Å². The molecule has 2 heterocycles. The fourth-order valence-corrected chi connectivity index (χ4v) is 5.72. The van der Waals surface area contributed by atoms with Crippen LogP contribution < -0.4 is 16.8 Å². The predicted molar refractivity (Wildman–Crippen MR) is 133 cm³/mol. The summed E-state index contributed by atoms with van der Waals surface area (Å²) in [6, 6.07) is 8.19. The summed E-state index contributed by atoms with van der Waals surface area (Å²) in [4.78, 5) is 41.4. The Hall–Kier alpha value is -3.31. The largest absolute Gasteiger partial charge is 0.395 e. The number of nitrogens with two attached hydrogens (primary N) is 2. The van der Waals surface area contributed by atoms with Crippen LogP contribution in [0.5, 0.6) is 0 Å². The van der Waals surface area contributed by atoms with Crippen LogP contribution in [0.1, 0.15) is 68.7 Å². The number of anilines is 1. The number of benzene rings is 1. The van der Waals surface area contributed by atoms with Gasteiger partial charge in [-0.05, 0) is 53.5 Å². The van der Waals surface area contributed by atoms with Crippen LogP contribution in [-0.4, -0.2) is 33.0 Å². The first-order valence-corrected chi connectivity index (χ1v) is 12.9. The molecule has 2 aromatic heterocycles. The molecule has 1 aliphatic carbocycles. The molecular weight excluding hydrogens is 489 g/mol. The third kappa shape index (κ3) is 5.68. The molecular formula is C24H26FN5O3S2. The molecule has 5 N–H and O–H groups in total. The van der Waals surface area contributed by atoms with E-state index in [-0.39, 0.29) is 34.8 Å². The van der Waals surface area contributed by atoms with Gasteiger partial charge in [0, 0.05) is 10.9 Å². The molecule has 3 aromatic rings. The smallest absolute Gasteiger partial charge is 0.270 e. The zero-order chi connectivity index (χ0) is 24.9. The molecule has 0 aliphatic heterocycles. The lowest BCUT2D eigenvalue weighted by atomic mass is 9.94. The molecule has 0 spiro atoms. The number of hydrogen-bond acceptors (Lipinski definition) is 7. The zero-order valence-corrected chi connectivity index (χ0v) is 20.5. The molecule has 11 heteroatoms. The van der Waals surface area contributed by atoms with E-state index >= 15 is 0 Å². The average molecular weight is 516 g/mol. The Labute approximate surface area is 210 Å². The molecule has 0 saturated heterocycles. The Balaban J connectivity index is 1.75. The van der Waals surface area contributed by atoms with Gasteiger partial charge in [-0.3, -0.25) is 14.4 Å². The Morgan fingerprint density at radius 2 is 1.86 bits per heavy atom. The lowest BCUT2D eigenvalue weighted by molar-refractivity contribution is -0.127. The number of primary amides is 1. The molecule has 0 bridgehead atoms. The minimum absolute atomic E-state index is 0.00725. The van der Waals surface area contributed by atoms with Crippen molar-refractivity contribution in [1.82, 2.24) is 14.6 Å². The second-order valence-corrected chi connectivity index (χ2v) is 10.3. The predicted octanol–water partition coefficient (Wildman–Crippen LogP) is 3.86. The number of thiophene rings is 1. The van der Waals surface area contributed by atoms with Gasteiger partial charge in [-0.1, -0.05) is 37.5 Å². The molecule has 1 atom stereocenters. The quantitative estimate of drug-likeness (QED) is 0.419. The van der Waals surface area contributed by atoms with Crippen molar-refractivity contribution >= 4 is 46.3 Å². The van der Waals surface area contributed by atoms with Gasteiger partial charge in [0.1, 0.15) is 16.7 Å². The summed E-state index contributed by atoms with van der Waals surface area (Å²) >= 11 is 2.20. The summed E-state index contributed by atoms with van der Waals surface area (Å²) in [5, 5.41) is 4.97. The van der Waals surface area contributed by atoms with E-state index in [1.807, 2.05) is 17.5 Å². The Morgan fingerprint density at radius 1 is 1.14 bits per heavy atom. The number of carbonyl (C=O) groups excluding carboxylic acids is 3. The lowest BCUT2D eigenvalue weighted by Crippen LogP contribution is -2.46. The highest BCUT2D eigenvalue weighted by Gasteiger charge is 2.36. The van der Waals surface area contributed by atoms with E-state index < -0.39 is 23.7 Å². The van der Waals surface area contributed by atoms with Gasteiger partial charge in [0.2, 0.25) is 5.91 Å². The monoisotopic (exact) mass is 515 g/mol. The fourth-order valence-electron chi connectivity index (χ4n) is 4.26. The highest BCUT2D eigenvalue weighted by atomic mass is 32.1. The highest BCUT2D eigenvalue weighted by molar-refractivity contribution is 7.10. The summed E-state index contributed by atoms with van der Waals surface area (Å²) < 4.78 is 17.7. The van der Waals surface area contributed by atoms with Crippen LogP contribution in [-0.2, 0) is 11.3 Å². The number of carbonyl (C=O) groups is 3. The van der Waals surface area contributed by atoms with E-state index in [0.29, 0.717) is 5.56 Å². The van der Waals surface area contributed by atoms with Gasteiger partial charge in [0.25, 0.3) is 11.8 Å². The minimum atomic E-state index is -1.05. The molecule has 1 fully saturated rings. The molecule has 1 aliphatic rings. The van der Waals surface area contributed by atoms with Crippen molar-refractivity contribution in [2.75, 3.05) is 5.73 Å². The molecule has 3 amide bonds. The van der Waals surface area contributed by atoms with Crippen LogP contribution in [0, 0.1) is 5.82 Å². The van der Waals surface area contributed by atoms with Gasteiger partial charge in [0.05, 0.1) is 12.2 Å². The van der Waals surface area contributed by atoms with Crippen molar-refractivity contribution in [2.45, 2.75) is 50.7 Å². The third-order valence-corrected chi connectivity index (χ3v) is 7.73. The van der Waals surface area contributed by atoms with E-state index in [1.165, 1.54) is 40.5 Å². The van der Waals surface area contributed by atoms with Crippen LogP contribution in [0.4, 0.5) is 10.1 Å². The first-order chi connectivity index (χ1) is 16.8. The van der Waals surface area contributed by atoms with Crippen LogP contribution in [0.3, 0.4) is 0 Å². The standard InChI is InChI=1S/C24H26FN5O3S2/c25-15-10-8-14(9-11-15)20(23(32)28-16-5-2-1-3-6-16)30(13-17-7-4-12-34-17)24(33)21-18(26)19(22(27)31)29-35-21/h4,7-12,16,20H,1-3,5-6,13,26H2,(H2,27,31)(H,28,32). The molecule has 1 unspecified atom stereocenters. The number of halogens is 1. The van der Waals surface area contributed by atoms with E-state index in [2.05, 4.69) is 9.69 Å². The normalized spacial score (nSPS) is 14.9. The van der Waals surface area contributed by atoms with E-state index in [4.69, 9.17) is 11.5 Å². The van der Waals surface area contributed by atoms with Crippen molar-refractivity contribution < 1.29 is 18.8 Å². The minimum Gasteiger partial charge on any atom is -0.395 e. The van der Waals surface area contributed by atoms with E-state index in [1.54, 1.807) is 0 Å². The molecule has 1 saturated carbocycles. The maximum absolute atomic E-state index is 13.8. The topological polar surface area (TPSA) is 131 Å². The second-order valence-electron chi connectivity index (χ2n) is 8.45. The van der Waals surface area contributed by atoms with E-state index in [0.717, 1.165) is 48.5 Å². The summed E-state index contributed by atoms with van der Waals surface area (Å²) in [5.41, 5.74) is 11.5. The number of rotatable bonds is 8. The van der Waals surface area contributed by atoms with Crippen LogP contribution in [0.15, 0.2) is 41.8 Å². The maximum atomic E-state index is 13.8. The van der Waals surface area contributed by atoms with Crippen molar-refractivity contribution in [2.24, 2.45) is 5.73 Å². The van der Waals surface area contributed by atoms with Crippen LogP contribution in [0.2, 0.25) is 0 Å². The molecule has 0 radical (unpaired) electrons. The van der Waals surface area contributed by atoms with Gasteiger partial charge in [-0.2, -0.15) is 4.37 Å². The summed E-state index contributed by atoms with van der Waals surface area (Å²) in [7, 11) is 0. The van der Waals surface area contributed by atoms with Gasteiger partial charge in [0.15, 0.2) is 5.69 Å². The molecule has 4 rings (SSSR count). The first-order valence-electron chi connectivity index (χ1n) is 11.3. The van der Waals surface area contributed by atoms with Gasteiger partial charge < -0.3 is 21.7 Å². The second kappa shape index (κ2) is 11.0. The number of nitrogen functional groups attached to an aromatic ring is 1. The summed E-state index contributed by atoms with van der Waals surface area (Å²) in [5.74, 6) is -2.21. The number of nitrogens with one attached hydrogen (secondary N) is 1. The summed E-state index contributed by atoms with van der Waals surface area (Å²) in [6.07, 6.45) is 4.91.